The van der Waals surface area contributed by atoms with Gasteiger partial charge in [0, 0.05) is 23.2 Å². The first-order valence-electron chi connectivity index (χ1n) is 5.70. The third-order valence-electron chi connectivity index (χ3n) is 2.98. The van der Waals surface area contributed by atoms with Crippen molar-refractivity contribution >= 4 is 16.9 Å². The summed E-state index contributed by atoms with van der Waals surface area (Å²) in [4.78, 5) is 11.0. The van der Waals surface area contributed by atoms with Crippen molar-refractivity contribution in [2.45, 2.75) is 25.9 Å². The summed E-state index contributed by atoms with van der Waals surface area (Å²) in [5.74, 6) is -1.44. The Labute approximate surface area is 104 Å². The fraction of sp³-hybridized carbons (Fsp3) is 0.308. The van der Waals surface area contributed by atoms with Crippen LogP contribution in [-0.4, -0.2) is 15.6 Å². The SMILES string of the molecule is CC(C)n1cc(C(N)C(=O)O)c2ccc(F)cc21. The number of aromatic nitrogens is 1. The van der Waals surface area contributed by atoms with Crippen molar-refractivity contribution in [3.63, 3.8) is 0 Å². The highest BCUT2D eigenvalue weighted by Crippen LogP contribution is 2.28. The van der Waals surface area contributed by atoms with Gasteiger partial charge in [-0.25, -0.2) is 4.39 Å². The van der Waals surface area contributed by atoms with Crippen molar-refractivity contribution in [1.29, 1.82) is 0 Å². The maximum absolute atomic E-state index is 13.3. The summed E-state index contributed by atoms with van der Waals surface area (Å²) in [6.07, 6.45) is 1.69. The maximum Gasteiger partial charge on any atom is 0.325 e. The van der Waals surface area contributed by atoms with Gasteiger partial charge in [0.25, 0.3) is 0 Å². The molecule has 1 aromatic heterocycles. The molecule has 0 radical (unpaired) electrons. The van der Waals surface area contributed by atoms with E-state index >= 15 is 0 Å². The number of hydrogen-bond donors (Lipinski definition) is 2. The second kappa shape index (κ2) is 4.42. The molecule has 0 spiro atoms. The van der Waals surface area contributed by atoms with E-state index < -0.39 is 12.0 Å². The van der Waals surface area contributed by atoms with E-state index in [1.54, 1.807) is 12.3 Å². The number of benzene rings is 1. The van der Waals surface area contributed by atoms with Crippen molar-refractivity contribution in [2.75, 3.05) is 0 Å². The Bertz CT molecular complexity index is 604. The van der Waals surface area contributed by atoms with Crippen LogP contribution < -0.4 is 5.73 Å². The Hall–Kier alpha value is -1.88. The lowest BCUT2D eigenvalue weighted by molar-refractivity contribution is -0.138. The summed E-state index contributed by atoms with van der Waals surface area (Å²) in [6.45, 7) is 3.89. The summed E-state index contributed by atoms with van der Waals surface area (Å²) < 4.78 is 15.1. The zero-order valence-electron chi connectivity index (χ0n) is 10.2. The van der Waals surface area contributed by atoms with Gasteiger partial charge in [0.05, 0.1) is 5.52 Å². The van der Waals surface area contributed by atoms with Gasteiger partial charge in [0.2, 0.25) is 0 Å². The van der Waals surface area contributed by atoms with Crippen molar-refractivity contribution in [3.8, 4) is 0 Å². The van der Waals surface area contributed by atoms with Gasteiger partial charge in [-0.2, -0.15) is 0 Å². The van der Waals surface area contributed by atoms with Crippen molar-refractivity contribution in [1.82, 2.24) is 4.57 Å². The molecule has 0 saturated carbocycles. The Kier molecular flexibility index (Phi) is 3.09. The molecule has 2 aromatic rings. The third kappa shape index (κ3) is 1.97. The monoisotopic (exact) mass is 250 g/mol. The van der Waals surface area contributed by atoms with E-state index in [1.807, 2.05) is 18.4 Å². The van der Waals surface area contributed by atoms with Crippen LogP contribution in [0, 0.1) is 5.82 Å². The molecule has 1 heterocycles. The molecule has 0 aliphatic rings. The molecular formula is C13H15FN2O2. The second-order valence-electron chi connectivity index (χ2n) is 4.56. The Morgan fingerprint density at radius 1 is 1.44 bits per heavy atom. The Balaban J connectivity index is 2.72. The van der Waals surface area contributed by atoms with E-state index in [0.29, 0.717) is 16.5 Å². The molecule has 0 bridgehead atoms. The number of rotatable bonds is 3. The molecule has 0 saturated heterocycles. The summed E-state index contributed by atoms with van der Waals surface area (Å²) in [7, 11) is 0. The predicted octanol–water partition coefficient (Wildman–Crippen LogP) is 2.45. The fourth-order valence-electron chi connectivity index (χ4n) is 2.06. The lowest BCUT2D eigenvalue weighted by Gasteiger charge is -2.08. The number of carboxylic acid groups (broad SMARTS) is 1. The molecule has 0 aliphatic carbocycles. The quantitative estimate of drug-likeness (QED) is 0.879. The molecule has 1 unspecified atom stereocenters. The molecule has 0 aliphatic heterocycles. The molecular weight excluding hydrogens is 235 g/mol. The summed E-state index contributed by atoms with van der Waals surface area (Å²) in [6, 6.07) is 3.28. The third-order valence-corrected chi connectivity index (χ3v) is 2.98. The normalized spacial score (nSPS) is 13.2. The van der Waals surface area contributed by atoms with E-state index in [-0.39, 0.29) is 11.9 Å². The fourth-order valence-corrected chi connectivity index (χ4v) is 2.06. The second-order valence-corrected chi connectivity index (χ2v) is 4.56. The molecule has 2 rings (SSSR count). The summed E-state index contributed by atoms with van der Waals surface area (Å²) in [5, 5.41) is 9.67. The topological polar surface area (TPSA) is 68.2 Å². The van der Waals surface area contributed by atoms with E-state index in [1.165, 1.54) is 12.1 Å². The van der Waals surface area contributed by atoms with Gasteiger partial charge >= 0.3 is 5.97 Å². The molecule has 0 amide bonds. The van der Waals surface area contributed by atoms with E-state index in [9.17, 15) is 9.18 Å². The lowest BCUT2D eigenvalue weighted by atomic mass is 10.1. The van der Waals surface area contributed by atoms with Gasteiger partial charge < -0.3 is 15.4 Å². The molecule has 5 heteroatoms. The largest absolute Gasteiger partial charge is 0.480 e. The van der Waals surface area contributed by atoms with Crippen LogP contribution in [0.25, 0.3) is 10.9 Å². The number of carboxylic acids is 1. The van der Waals surface area contributed by atoms with Crippen LogP contribution in [0.4, 0.5) is 4.39 Å². The van der Waals surface area contributed by atoms with E-state index in [2.05, 4.69) is 0 Å². The Morgan fingerprint density at radius 2 is 2.11 bits per heavy atom. The molecule has 0 fully saturated rings. The van der Waals surface area contributed by atoms with Crippen LogP contribution in [-0.2, 0) is 4.79 Å². The minimum Gasteiger partial charge on any atom is -0.480 e. The predicted molar refractivity (Wildman–Crippen MR) is 66.8 cm³/mol. The number of nitrogens with zero attached hydrogens (tertiary/aromatic N) is 1. The highest BCUT2D eigenvalue weighted by molar-refractivity contribution is 5.89. The average Bonchev–Trinajstić information content (AvgIpc) is 2.66. The minimum atomic E-state index is -1.10. The van der Waals surface area contributed by atoms with Gasteiger partial charge in [0.1, 0.15) is 11.9 Å². The first-order chi connectivity index (χ1) is 8.41. The first-order valence-corrected chi connectivity index (χ1v) is 5.70. The number of carbonyl (C=O) groups is 1. The van der Waals surface area contributed by atoms with Crippen LogP contribution in [0.3, 0.4) is 0 Å². The zero-order chi connectivity index (χ0) is 13.4. The molecule has 4 nitrogen and oxygen atoms in total. The number of halogens is 1. The van der Waals surface area contributed by atoms with Crippen LogP contribution in [0.15, 0.2) is 24.4 Å². The van der Waals surface area contributed by atoms with Gasteiger partial charge in [-0.3, -0.25) is 4.79 Å². The van der Waals surface area contributed by atoms with Crippen LogP contribution >= 0.6 is 0 Å². The first kappa shape index (κ1) is 12.6. The van der Waals surface area contributed by atoms with E-state index in [0.717, 1.165) is 0 Å². The van der Waals surface area contributed by atoms with Crippen LogP contribution in [0.5, 0.6) is 0 Å². The van der Waals surface area contributed by atoms with Gasteiger partial charge in [-0.1, -0.05) is 0 Å². The van der Waals surface area contributed by atoms with Gasteiger partial charge in [-0.05, 0) is 32.0 Å². The number of hydrogen-bond acceptors (Lipinski definition) is 2. The van der Waals surface area contributed by atoms with Crippen molar-refractivity contribution in [2.24, 2.45) is 5.73 Å². The number of fused-ring (bicyclic) bond motifs is 1. The molecule has 18 heavy (non-hydrogen) atoms. The molecule has 1 aromatic carbocycles. The Morgan fingerprint density at radius 3 is 2.67 bits per heavy atom. The van der Waals surface area contributed by atoms with E-state index in [4.69, 9.17) is 10.8 Å². The lowest BCUT2D eigenvalue weighted by Crippen LogP contribution is -2.20. The van der Waals surface area contributed by atoms with Crippen LogP contribution in [0.2, 0.25) is 0 Å². The highest BCUT2D eigenvalue weighted by Gasteiger charge is 2.21. The van der Waals surface area contributed by atoms with Crippen molar-refractivity contribution in [3.05, 3.63) is 35.8 Å². The number of nitrogens with two attached hydrogens (primary N) is 1. The minimum absolute atomic E-state index is 0.101. The van der Waals surface area contributed by atoms with Crippen LogP contribution in [0.1, 0.15) is 31.5 Å². The zero-order valence-corrected chi connectivity index (χ0v) is 10.2. The molecule has 1 atom stereocenters. The average molecular weight is 250 g/mol. The van der Waals surface area contributed by atoms with Gasteiger partial charge in [0.15, 0.2) is 0 Å². The highest BCUT2D eigenvalue weighted by atomic mass is 19.1. The molecule has 3 N–H and O–H groups in total. The smallest absolute Gasteiger partial charge is 0.325 e. The standard InChI is InChI=1S/C13H15FN2O2/c1-7(2)16-6-10(12(15)13(17)18)9-4-3-8(14)5-11(9)16/h3-7,12H,15H2,1-2H3,(H,17,18). The maximum atomic E-state index is 13.3. The van der Waals surface area contributed by atoms with Crippen molar-refractivity contribution < 1.29 is 14.3 Å². The summed E-state index contributed by atoms with van der Waals surface area (Å²) >= 11 is 0. The van der Waals surface area contributed by atoms with Gasteiger partial charge in [-0.15, -0.1) is 0 Å². The molecule has 96 valence electrons. The summed E-state index contributed by atoms with van der Waals surface area (Å²) in [5.41, 5.74) is 6.82. The number of aliphatic carboxylic acids is 1.